The molecular formula is C25H34N6O4. The SMILES string of the molecule is CC(C)CC(NC(=O)OCc1ccccc1)C(=O)NC(CC(C)C)C(=O)NC(C#N)n1ccnc1. The molecule has 10 nitrogen and oxygen atoms in total. The average molecular weight is 483 g/mol. The number of nitrogens with one attached hydrogen (secondary N) is 3. The van der Waals surface area contributed by atoms with Gasteiger partial charge in [-0.05, 0) is 30.2 Å². The van der Waals surface area contributed by atoms with E-state index in [4.69, 9.17) is 4.74 Å². The number of ether oxygens (including phenoxy) is 1. The summed E-state index contributed by atoms with van der Waals surface area (Å²) in [5, 5.41) is 17.5. The van der Waals surface area contributed by atoms with Gasteiger partial charge in [0.15, 0.2) is 6.17 Å². The zero-order valence-corrected chi connectivity index (χ0v) is 20.6. The third-order valence-corrected chi connectivity index (χ3v) is 5.09. The highest BCUT2D eigenvalue weighted by Gasteiger charge is 2.29. The lowest BCUT2D eigenvalue weighted by Crippen LogP contribution is -2.55. The van der Waals surface area contributed by atoms with Crippen molar-refractivity contribution in [2.75, 3.05) is 0 Å². The first-order valence-corrected chi connectivity index (χ1v) is 11.6. The Bertz CT molecular complexity index is 985. The predicted molar refractivity (Wildman–Crippen MR) is 129 cm³/mol. The standard InChI is InChI=1S/C25H34N6O4/c1-17(2)12-20(24(33)30-22(14-26)31-11-10-27-16-31)28-23(32)21(13-18(3)4)29-25(34)35-15-19-8-6-5-7-9-19/h5-11,16-18,20-22H,12-13,15H2,1-4H3,(H,28,32)(H,29,34)(H,30,33). The number of rotatable bonds is 12. The van der Waals surface area contributed by atoms with Gasteiger partial charge >= 0.3 is 6.09 Å². The summed E-state index contributed by atoms with van der Waals surface area (Å²) in [5.41, 5.74) is 0.825. The van der Waals surface area contributed by atoms with Gasteiger partial charge < -0.3 is 25.3 Å². The van der Waals surface area contributed by atoms with Crippen molar-refractivity contribution in [3.05, 3.63) is 54.6 Å². The lowest BCUT2D eigenvalue weighted by atomic mass is 10.00. The van der Waals surface area contributed by atoms with Crippen LogP contribution in [0.5, 0.6) is 0 Å². The summed E-state index contributed by atoms with van der Waals surface area (Å²) in [7, 11) is 0. The third kappa shape index (κ3) is 9.49. The minimum absolute atomic E-state index is 0.0743. The van der Waals surface area contributed by atoms with Crippen molar-refractivity contribution in [2.24, 2.45) is 11.8 Å². The fraction of sp³-hybridized carbons (Fsp3) is 0.480. The Morgan fingerprint density at radius 2 is 1.57 bits per heavy atom. The van der Waals surface area contributed by atoms with Crippen molar-refractivity contribution in [1.29, 1.82) is 5.26 Å². The quantitative estimate of drug-likeness (QED) is 0.425. The maximum atomic E-state index is 13.1. The molecule has 3 atom stereocenters. The summed E-state index contributed by atoms with van der Waals surface area (Å²) >= 11 is 0. The molecule has 3 amide bonds. The van der Waals surface area contributed by atoms with Crippen LogP contribution in [0.2, 0.25) is 0 Å². The van der Waals surface area contributed by atoms with Crippen LogP contribution in [0.4, 0.5) is 4.79 Å². The van der Waals surface area contributed by atoms with Crippen LogP contribution >= 0.6 is 0 Å². The number of aromatic nitrogens is 2. The van der Waals surface area contributed by atoms with E-state index in [2.05, 4.69) is 20.9 Å². The van der Waals surface area contributed by atoms with Gasteiger partial charge in [0, 0.05) is 12.4 Å². The van der Waals surface area contributed by atoms with Gasteiger partial charge in [0.2, 0.25) is 11.8 Å². The molecule has 0 spiro atoms. The minimum atomic E-state index is -0.964. The Balaban J connectivity index is 2.05. The van der Waals surface area contributed by atoms with E-state index in [0.29, 0.717) is 12.8 Å². The molecule has 3 N–H and O–H groups in total. The lowest BCUT2D eigenvalue weighted by molar-refractivity contribution is -0.131. The van der Waals surface area contributed by atoms with Crippen LogP contribution in [0.3, 0.4) is 0 Å². The van der Waals surface area contributed by atoms with Crippen LogP contribution in [-0.2, 0) is 20.9 Å². The maximum Gasteiger partial charge on any atom is 0.408 e. The summed E-state index contributed by atoms with van der Waals surface area (Å²) in [5.74, 6) is -0.802. The highest BCUT2D eigenvalue weighted by atomic mass is 16.5. The van der Waals surface area contributed by atoms with Crippen LogP contribution in [0, 0.1) is 23.2 Å². The van der Waals surface area contributed by atoms with Gasteiger partial charge in [0.1, 0.15) is 24.8 Å². The summed E-state index contributed by atoms with van der Waals surface area (Å²) in [6.07, 6.45) is 3.52. The smallest absolute Gasteiger partial charge is 0.408 e. The molecule has 2 aromatic rings. The molecule has 0 radical (unpaired) electrons. The van der Waals surface area contributed by atoms with E-state index in [9.17, 15) is 19.6 Å². The fourth-order valence-corrected chi connectivity index (χ4v) is 3.42. The van der Waals surface area contributed by atoms with Gasteiger partial charge in [-0.3, -0.25) is 9.59 Å². The number of benzene rings is 1. The largest absolute Gasteiger partial charge is 0.445 e. The van der Waals surface area contributed by atoms with E-state index in [0.717, 1.165) is 5.56 Å². The Hall–Kier alpha value is -3.87. The van der Waals surface area contributed by atoms with Gasteiger partial charge in [-0.1, -0.05) is 58.0 Å². The second-order valence-electron chi connectivity index (χ2n) is 9.13. The van der Waals surface area contributed by atoms with Crippen molar-refractivity contribution < 1.29 is 19.1 Å². The summed E-state index contributed by atoms with van der Waals surface area (Å²) in [6, 6.07) is 9.44. The van der Waals surface area contributed by atoms with Crippen LogP contribution in [0.1, 0.15) is 52.3 Å². The highest BCUT2D eigenvalue weighted by molar-refractivity contribution is 5.91. The van der Waals surface area contributed by atoms with Gasteiger partial charge in [-0.15, -0.1) is 0 Å². The molecule has 10 heteroatoms. The monoisotopic (exact) mass is 482 g/mol. The van der Waals surface area contributed by atoms with E-state index in [1.54, 1.807) is 6.20 Å². The predicted octanol–water partition coefficient (Wildman–Crippen LogP) is 2.89. The normalized spacial score (nSPS) is 13.4. The number of hydrogen-bond donors (Lipinski definition) is 3. The molecular weight excluding hydrogens is 448 g/mol. The van der Waals surface area contributed by atoms with E-state index in [1.807, 2.05) is 64.1 Å². The van der Waals surface area contributed by atoms with Gasteiger partial charge in [0.25, 0.3) is 0 Å². The minimum Gasteiger partial charge on any atom is -0.445 e. The van der Waals surface area contributed by atoms with Crippen molar-refractivity contribution in [1.82, 2.24) is 25.5 Å². The molecule has 0 saturated heterocycles. The Kier molecular flexibility index (Phi) is 10.8. The third-order valence-electron chi connectivity index (χ3n) is 5.09. The molecule has 188 valence electrons. The Morgan fingerprint density at radius 1 is 0.971 bits per heavy atom. The van der Waals surface area contributed by atoms with Gasteiger partial charge in [0.05, 0.1) is 6.33 Å². The lowest BCUT2D eigenvalue weighted by Gasteiger charge is -2.25. The average Bonchev–Trinajstić information content (AvgIpc) is 3.35. The van der Waals surface area contributed by atoms with Crippen molar-refractivity contribution in [3.63, 3.8) is 0 Å². The van der Waals surface area contributed by atoms with E-state index < -0.39 is 36.2 Å². The second-order valence-corrected chi connectivity index (χ2v) is 9.13. The number of carbonyl (C=O) groups excluding carboxylic acids is 3. The number of imidazole rings is 1. The van der Waals surface area contributed by atoms with Crippen molar-refractivity contribution >= 4 is 17.9 Å². The zero-order chi connectivity index (χ0) is 25.8. The summed E-state index contributed by atoms with van der Waals surface area (Å²) in [6.45, 7) is 7.78. The number of alkyl carbamates (subject to hydrolysis) is 1. The Labute approximate surface area is 206 Å². The fourth-order valence-electron chi connectivity index (χ4n) is 3.42. The first-order valence-electron chi connectivity index (χ1n) is 11.6. The number of amides is 3. The molecule has 0 fully saturated rings. The molecule has 0 aliphatic rings. The number of hydrogen-bond acceptors (Lipinski definition) is 6. The van der Waals surface area contributed by atoms with Crippen LogP contribution in [0.25, 0.3) is 0 Å². The Morgan fingerprint density at radius 3 is 2.11 bits per heavy atom. The van der Waals surface area contributed by atoms with E-state index in [-0.39, 0.29) is 18.4 Å². The maximum absolute atomic E-state index is 13.1. The molecule has 0 saturated carbocycles. The number of carbonyl (C=O) groups is 3. The molecule has 1 heterocycles. The van der Waals surface area contributed by atoms with E-state index in [1.165, 1.54) is 17.1 Å². The molecule has 1 aromatic heterocycles. The molecule has 2 rings (SSSR count). The molecule has 0 bridgehead atoms. The van der Waals surface area contributed by atoms with E-state index >= 15 is 0 Å². The van der Waals surface area contributed by atoms with Crippen LogP contribution < -0.4 is 16.0 Å². The number of nitrogens with zero attached hydrogens (tertiary/aromatic N) is 3. The molecule has 0 aliphatic carbocycles. The summed E-state index contributed by atoms with van der Waals surface area (Å²) in [4.78, 5) is 42.4. The van der Waals surface area contributed by atoms with Gasteiger partial charge in [-0.2, -0.15) is 5.26 Å². The molecule has 3 unspecified atom stereocenters. The molecule has 0 aliphatic heterocycles. The first kappa shape index (κ1) is 27.4. The highest BCUT2D eigenvalue weighted by Crippen LogP contribution is 2.11. The van der Waals surface area contributed by atoms with Crippen molar-refractivity contribution in [2.45, 2.75) is 65.4 Å². The topological polar surface area (TPSA) is 138 Å². The first-order chi connectivity index (χ1) is 16.7. The van der Waals surface area contributed by atoms with Crippen molar-refractivity contribution in [3.8, 4) is 6.07 Å². The summed E-state index contributed by atoms with van der Waals surface area (Å²) < 4.78 is 6.72. The molecule has 35 heavy (non-hydrogen) atoms. The number of nitriles is 1. The molecule has 1 aromatic carbocycles. The van der Waals surface area contributed by atoms with Gasteiger partial charge in [-0.25, -0.2) is 9.78 Å². The zero-order valence-electron chi connectivity index (χ0n) is 20.6. The van der Waals surface area contributed by atoms with Crippen LogP contribution in [-0.4, -0.2) is 39.5 Å². The van der Waals surface area contributed by atoms with Crippen LogP contribution in [0.15, 0.2) is 49.1 Å². The second kappa shape index (κ2) is 13.7.